The van der Waals surface area contributed by atoms with Gasteiger partial charge in [-0.1, -0.05) is 105 Å². The highest BCUT2D eigenvalue weighted by Crippen LogP contribution is 2.43. The lowest BCUT2D eigenvalue weighted by atomic mass is 9.89. The number of aromatic nitrogens is 4. The van der Waals surface area contributed by atoms with Crippen molar-refractivity contribution in [2.75, 3.05) is 0 Å². The van der Waals surface area contributed by atoms with Gasteiger partial charge in [-0.3, -0.25) is 9.55 Å². The molecule has 4 heterocycles. The summed E-state index contributed by atoms with van der Waals surface area (Å²) in [6, 6.07) is 42.1. The first kappa shape index (κ1) is 25.7. The first-order valence-electron chi connectivity index (χ1n) is 15.3. The minimum Gasteiger partial charge on any atom is -0.435 e. The zero-order chi connectivity index (χ0) is 30.1. The molecule has 9 rings (SSSR count). The number of fused-ring (bicyclic) bond motifs is 7. The molecule has 9 aromatic rings. The SMILES string of the molecule is CC(C)c1c(-n2c(-c3ccnc4c3oc3nc(-c5ccccc5)ccc34)nc3ccccc32)c2ccccc2c2ccccc12. The van der Waals surface area contributed by atoms with Gasteiger partial charge in [0.1, 0.15) is 11.3 Å². The molecule has 5 aromatic carbocycles. The second kappa shape index (κ2) is 9.86. The molecule has 0 N–H and O–H groups in total. The van der Waals surface area contributed by atoms with E-state index in [2.05, 4.69) is 103 Å². The van der Waals surface area contributed by atoms with Crippen LogP contribution >= 0.6 is 0 Å². The van der Waals surface area contributed by atoms with E-state index in [0.29, 0.717) is 11.3 Å². The predicted octanol–water partition coefficient (Wildman–Crippen LogP) is 10.5. The number of hydrogen-bond donors (Lipinski definition) is 0. The van der Waals surface area contributed by atoms with Gasteiger partial charge in [-0.05, 0) is 58.0 Å². The van der Waals surface area contributed by atoms with Gasteiger partial charge in [0.2, 0.25) is 5.71 Å². The van der Waals surface area contributed by atoms with Crippen LogP contribution < -0.4 is 0 Å². The van der Waals surface area contributed by atoms with E-state index in [1.165, 1.54) is 27.1 Å². The van der Waals surface area contributed by atoms with Crippen molar-refractivity contribution in [1.82, 2.24) is 19.5 Å². The van der Waals surface area contributed by atoms with Crippen LogP contribution in [0.1, 0.15) is 25.3 Å². The van der Waals surface area contributed by atoms with Crippen LogP contribution in [0.4, 0.5) is 0 Å². The van der Waals surface area contributed by atoms with E-state index in [1.807, 2.05) is 42.6 Å². The lowest BCUT2D eigenvalue weighted by Gasteiger charge is -2.22. The topological polar surface area (TPSA) is 56.7 Å². The number of benzene rings is 5. The predicted molar refractivity (Wildman–Crippen MR) is 184 cm³/mol. The summed E-state index contributed by atoms with van der Waals surface area (Å²) in [6.07, 6.45) is 1.85. The molecule has 0 saturated carbocycles. The summed E-state index contributed by atoms with van der Waals surface area (Å²) in [5.74, 6) is 1.07. The van der Waals surface area contributed by atoms with E-state index in [4.69, 9.17) is 19.4 Å². The molecule has 0 aliphatic rings. The molecular formula is C40H28N4O. The van der Waals surface area contributed by atoms with E-state index in [-0.39, 0.29) is 5.92 Å². The molecule has 0 spiro atoms. The van der Waals surface area contributed by atoms with Crippen LogP contribution in [0, 0.1) is 0 Å². The highest BCUT2D eigenvalue weighted by Gasteiger charge is 2.25. The standard InChI is InChI=1S/C40H28N4O/c1-24(2)35-28-16-8-6-14-26(28)27-15-7-9-17-29(27)37(35)44-34-19-11-10-18-33(34)42-39(44)31-22-23-41-36-30-20-21-32(25-12-4-3-5-13-25)43-40(30)45-38(31)36/h3-24H,1-2H3. The van der Waals surface area contributed by atoms with Crippen molar-refractivity contribution in [2.45, 2.75) is 19.8 Å². The second-order valence-corrected chi connectivity index (χ2v) is 11.8. The van der Waals surface area contributed by atoms with Gasteiger partial charge < -0.3 is 4.42 Å². The summed E-state index contributed by atoms with van der Waals surface area (Å²) in [5.41, 5.74) is 9.20. The first-order valence-corrected chi connectivity index (χ1v) is 15.3. The highest BCUT2D eigenvalue weighted by atomic mass is 16.3. The number of furan rings is 1. The van der Waals surface area contributed by atoms with Gasteiger partial charge in [0, 0.05) is 17.1 Å². The van der Waals surface area contributed by atoms with Crippen molar-refractivity contribution in [3.05, 3.63) is 133 Å². The molecule has 0 atom stereocenters. The van der Waals surface area contributed by atoms with Crippen LogP contribution in [0.5, 0.6) is 0 Å². The van der Waals surface area contributed by atoms with Crippen molar-refractivity contribution < 1.29 is 4.42 Å². The lowest BCUT2D eigenvalue weighted by Crippen LogP contribution is -2.06. The average molecular weight is 581 g/mol. The molecule has 0 aliphatic heterocycles. The highest BCUT2D eigenvalue weighted by molar-refractivity contribution is 6.14. The van der Waals surface area contributed by atoms with E-state index in [1.54, 1.807) is 0 Å². The Balaban J connectivity index is 1.39. The van der Waals surface area contributed by atoms with Crippen molar-refractivity contribution in [3.63, 3.8) is 0 Å². The number of nitrogens with zero attached hydrogens (tertiary/aromatic N) is 4. The Labute approximate surface area is 259 Å². The average Bonchev–Trinajstić information content (AvgIpc) is 3.66. The summed E-state index contributed by atoms with van der Waals surface area (Å²) >= 11 is 0. The Kier molecular flexibility index (Phi) is 5.62. The van der Waals surface area contributed by atoms with Crippen LogP contribution in [0.3, 0.4) is 0 Å². The third-order valence-electron chi connectivity index (χ3n) is 8.84. The minimum absolute atomic E-state index is 0.257. The molecule has 0 bridgehead atoms. The zero-order valence-electron chi connectivity index (χ0n) is 24.9. The van der Waals surface area contributed by atoms with Crippen LogP contribution in [0.2, 0.25) is 0 Å². The fourth-order valence-electron chi connectivity index (χ4n) is 6.89. The normalized spacial score (nSPS) is 12.0. The summed E-state index contributed by atoms with van der Waals surface area (Å²) in [5, 5.41) is 5.81. The second-order valence-electron chi connectivity index (χ2n) is 11.8. The quantitative estimate of drug-likeness (QED) is 0.194. The third-order valence-corrected chi connectivity index (χ3v) is 8.84. The maximum Gasteiger partial charge on any atom is 0.229 e. The van der Waals surface area contributed by atoms with Crippen LogP contribution in [0.25, 0.3) is 83.1 Å². The van der Waals surface area contributed by atoms with E-state index in [9.17, 15) is 0 Å². The summed E-state index contributed by atoms with van der Waals surface area (Å²) in [6.45, 7) is 4.55. The van der Waals surface area contributed by atoms with E-state index in [0.717, 1.165) is 50.3 Å². The maximum atomic E-state index is 6.60. The summed E-state index contributed by atoms with van der Waals surface area (Å²) in [7, 11) is 0. The molecule has 5 nitrogen and oxygen atoms in total. The van der Waals surface area contributed by atoms with Crippen LogP contribution in [-0.4, -0.2) is 19.5 Å². The minimum atomic E-state index is 0.257. The zero-order valence-corrected chi connectivity index (χ0v) is 24.9. The molecule has 4 aromatic heterocycles. The molecule has 0 aliphatic carbocycles. The summed E-state index contributed by atoms with van der Waals surface area (Å²) in [4.78, 5) is 15.0. The Bertz CT molecular complexity index is 2580. The maximum absolute atomic E-state index is 6.60. The number of rotatable bonds is 4. The molecule has 0 saturated heterocycles. The fraction of sp³-hybridized carbons (Fsp3) is 0.0750. The fourth-order valence-corrected chi connectivity index (χ4v) is 6.89. The van der Waals surface area contributed by atoms with Crippen molar-refractivity contribution in [1.29, 1.82) is 0 Å². The molecule has 0 fully saturated rings. The lowest BCUT2D eigenvalue weighted by molar-refractivity contribution is 0.654. The third kappa shape index (κ3) is 3.84. The largest absolute Gasteiger partial charge is 0.435 e. The van der Waals surface area contributed by atoms with Crippen molar-refractivity contribution in [2.24, 2.45) is 0 Å². The monoisotopic (exact) mass is 580 g/mol. The summed E-state index contributed by atoms with van der Waals surface area (Å²) < 4.78 is 8.93. The molecule has 0 unspecified atom stereocenters. The smallest absolute Gasteiger partial charge is 0.229 e. The van der Waals surface area contributed by atoms with E-state index >= 15 is 0 Å². The first-order chi connectivity index (χ1) is 22.2. The van der Waals surface area contributed by atoms with Gasteiger partial charge in [-0.25, -0.2) is 9.97 Å². The van der Waals surface area contributed by atoms with Crippen molar-refractivity contribution in [3.8, 4) is 28.3 Å². The number of pyridine rings is 2. The molecule has 5 heteroatoms. The van der Waals surface area contributed by atoms with Crippen molar-refractivity contribution >= 4 is 54.8 Å². The molecule has 0 radical (unpaired) electrons. The number of imidazole rings is 1. The Morgan fingerprint density at radius 2 is 1.31 bits per heavy atom. The molecule has 214 valence electrons. The van der Waals surface area contributed by atoms with E-state index < -0.39 is 0 Å². The van der Waals surface area contributed by atoms with Gasteiger partial charge >= 0.3 is 0 Å². The van der Waals surface area contributed by atoms with Gasteiger partial charge in [0.15, 0.2) is 5.58 Å². The van der Waals surface area contributed by atoms with Gasteiger partial charge in [0.25, 0.3) is 0 Å². The van der Waals surface area contributed by atoms with Gasteiger partial charge in [0.05, 0.1) is 33.4 Å². The van der Waals surface area contributed by atoms with Crippen LogP contribution in [0.15, 0.2) is 132 Å². The Morgan fingerprint density at radius 3 is 2.11 bits per heavy atom. The van der Waals surface area contributed by atoms with Crippen LogP contribution in [-0.2, 0) is 0 Å². The van der Waals surface area contributed by atoms with Gasteiger partial charge in [-0.15, -0.1) is 0 Å². The Hall–Kier alpha value is -5.81. The molecular weight excluding hydrogens is 552 g/mol. The number of hydrogen-bond acceptors (Lipinski definition) is 4. The number of para-hydroxylation sites is 2. The molecule has 45 heavy (non-hydrogen) atoms. The van der Waals surface area contributed by atoms with Gasteiger partial charge in [-0.2, -0.15) is 0 Å². The molecule has 0 amide bonds. The Morgan fingerprint density at radius 1 is 0.622 bits per heavy atom.